The average Bonchev–Trinajstić information content (AvgIpc) is 2.81. The summed E-state index contributed by atoms with van der Waals surface area (Å²) in [6, 6.07) is 1.27. The Labute approximate surface area is 124 Å². The summed E-state index contributed by atoms with van der Waals surface area (Å²) in [4.78, 5) is 11.2. The number of aryl methyl sites for hydroxylation is 1. The largest absolute Gasteiger partial charge is 0.364 e. The van der Waals surface area contributed by atoms with Gasteiger partial charge in [-0.05, 0) is 18.9 Å². The van der Waals surface area contributed by atoms with E-state index in [2.05, 4.69) is 4.72 Å². The van der Waals surface area contributed by atoms with Crippen LogP contribution in [0, 0.1) is 0 Å². The van der Waals surface area contributed by atoms with Crippen LogP contribution in [0.5, 0.6) is 0 Å². The van der Waals surface area contributed by atoms with Crippen molar-refractivity contribution in [3.05, 3.63) is 18.0 Å². The van der Waals surface area contributed by atoms with E-state index in [1.54, 1.807) is 7.05 Å². The summed E-state index contributed by atoms with van der Waals surface area (Å²) in [7, 11) is -2.12. The fourth-order valence-corrected chi connectivity index (χ4v) is 3.89. The van der Waals surface area contributed by atoms with Crippen molar-refractivity contribution in [1.29, 1.82) is 0 Å². The zero-order valence-electron chi connectivity index (χ0n) is 12.1. The first-order valence-electron chi connectivity index (χ1n) is 6.98. The summed E-state index contributed by atoms with van der Waals surface area (Å²) < 4.78 is 28.5. The van der Waals surface area contributed by atoms with E-state index in [-0.39, 0.29) is 17.1 Å². The maximum absolute atomic E-state index is 12.3. The van der Waals surface area contributed by atoms with Gasteiger partial charge in [0.15, 0.2) is 0 Å². The number of nitrogens with one attached hydrogen (secondary N) is 1. The minimum atomic E-state index is -3.69. The number of aromatic nitrogens is 1. The first kappa shape index (κ1) is 16.0. The minimum Gasteiger partial charge on any atom is -0.364 e. The van der Waals surface area contributed by atoms with Crippen LogP contribution in [0.2, 0.25) is 0 Å². The van der Waals surface area contributed by atoms with Crippen LogP contribution in [-0.2, 0) is 17.1 Å². The van der Waals surface area contributed by atoms with Crippen molar-refractivity contribution in [2.24, 2.45) is 18.5 Å². The maximum atomic E-state index is 12.3. The van der Waals surface area contributed by atoms with Crippen molar-refractivity contribution in [1.82, 2.24) is 9.29 Å². The molecule has 0 unspecified atom stereocenters. The Morgan fingerprint density at radius 3 is 2.52 bits per heavy atom. The molecule has 2 rings (SSSR count). The van der Waals surface area contributed by atoms with Gasteiger partial charge in [-0.3, -0.25) is 4.79 Å². The molecule has 0 bridgehead atoms. The Bertz CT molecular complexity index is 630. The number of carbonyl (C=O) groups excluding carboxylic acids is 1. The number of primary amides is 1. The van der Waals surface area contributed by atoms with Crippen LogP contribution in [0.25, 0.3) is 0 Å². The molecule has 0 atom stereocenters. The highest BCUT2D eigenvalue weighted by molar-refractivity contribution is 7.89. The molecule has 1 saturated carbocycles. The fourth-order valence-electron chi connectivity index (χ4n) is 2.68. The third kappa shape index (κ3) is 3.63. The monoisotopic (exact) mass is 314 g/mol. The van der Waals surface area contributed by atoms with E-state index in [4.69, 9.17) is 11.5 Å². The SMILES string of the molecule is Cn1cc(S(=O)(=O)NCC2(N)CCCCC2)cc1C(N)=O. The maximum Gasteiger partial charge on any atom is 0.265 e. The third-order valence-corrected chi connectivity index (χ3v) is 5.37. The molecule has 1 heterocycles. The van der Waals surface area contributed by atoms with Crippen LogP contribution in [-0.4, -0.2) is 31.0 Å². The Balaban J connectivity index is 2.11. The topological polar surface area (TPSA) is 120 Å². The van der Waals surface area contributed by atoms with Gasteiger partial charge in [-0.2, -0.15) is 0 Å². The summed E-state index contributed by atoms with van der Waals surface area (Å²) in [6.07, 6.45) is 6.19. The first-order valence-corrected chi connectivity index (χ1v) is 8.47. The first-order chi connectivity index (χ1) is 9.73. The molecule has 7 nitrogen and oxygen atoms in total. The standard InChI is InChI=1S/C13H22N4O3S/c1-17-8-10(7-11(17)12(14)18)21(19,20)16-9-13(15)5-3-2-4-6-13/h7-8,16H,2-6,9,15H2,1H3,(H2,14,18). The summed E-state index contributed by atoms with van der Waals surface area (Å²) in [5, 5.41) is 0. The zero-order chi connectivity index (χ0) is 15.7. The number of hydrogen-bond acceptors (Lipinski definition) is 4. The lowest BCUT2D eigenvalue weighted by molar-refractivity contribution is 0.0992. The van der Waals surface area contributed by atoms with Gasteiger partial charge in [0.25, 0.3) is 5.91 Å². The summed E-state index contributed by atoms with van der Waals surface area (Å²) in [5.41, 5.74) is 11.1. The van der Waals surface area contributed by atoms with Crippen LogP contribution in [0.15, 0.2) is 17.2 Å². The number of hydrogen-bond donors (Lipinski definition) is 3. The van der Waals surface area contributed by atoms with Gasteiger partial charge < -0.3 is 16.0 Å². The van der Waals surface area contributed by atoms with E-state index < -0.39 is 21.5 Å². The van der Waals surface area contributed by atoms with E-state index in [1.807, 2.05) is 0 Å². The molecule has 5 N–H and O–H groups in total. The number of amides is 1. The number of sulfonamides is 1. The second kappa shape index (κ2) is 5.78. The second-order valence-corrected chi connectivity index (χ2v) is 7.55. The van der Waals surface area contributed by atoms with Crippen LogP contribution >= 0.6 is 0 Å². The Hall–Kier alpha value is -1.38. The number of rotatable bonds is 5. The Morgan fingerprint density at radius 2 is 2.00 bits per heavy atom. The molecule has 1 aliphatic rings. The summed E-state index contributed by atoms with van der Waals surface area (Å²) in [6.45, 7) is 0.204. The van der Waals surface area contributed by atoms with Crippen LogP contribution in [0.1, 0.15) is 42.6 Å². The molecular weight excluding hydrogens is 292 g/mol. The molecule has 1 amide bonds. The molecule has 0 aromatic carbocycles. The molecule has 0 saturated heterocycles. The molecule has 8 heteroatoms. The molecule has 21 heavy (non-hydrogen) atoms. The smallest absolute Gasteiger partial charge is 0.265 e. The molecule has 0 aliphatic heterocycles. The van der Waals surface area contributed by atoms with Crippen molar-refractivity contribution < 1.29 is 13.2 Å². The van der Waals surface area contributed by atoms with Gasteiger partial charge in [0.2, 0.25) is 10.0 Å². The van der Waals surface area contributed by atoms with Gasteiger partial charge in [0.1, 0.15) is 10.6 Å². The van der Waals surface area contributed by atoms with Gasteiger partial charge in [0.05, 0.1) is 0 Å². The van der Waals surface area contributed by atoms with Gasteiger partial charge >= 0.3 is 0 Å². The van der Waals surface area contributed by atoms with Crippen LogP contribution in [0.4, 0.5) is 0 Å². The van der Waals surface area contributed by atoms with Gasteiger partial charge in [-0.1, -0.05) is 19.3 Å². The highest BCUT2D eigenvalue weighted by atomic mass is 32.2. The lowest BCUT2D eigenvalue weighted by atomic mass is 9.83. The van der Waals surface area contributed by atoms with Crippen molar-refractivity contribution in [3.8, 4) is 0 Å². The van der Waals surface area contributed by atoms with Crippen molar-refractivity contribution in [3.63, 3.8) is 0 Å². The van der Waals surface area contributed by atoms with Crippen molar-refractivity contribution in [2.45, 2.75) is 42.5 Å². The van der Waals surface area contributed by atoms with E-state index in [0.717, 1.165) is 32.1 Å². The average molecular weight is 314 g/mol. The highest BCUT2D eigenvalue weighted by Gasteiger charge is 2.30. The number of carbonyl (C=O) groups is 1. The molecule has 118 valence electrons. The lowest BCUT2D eigenvalue weighted by Gasteiger charge is -2.33. The van der Waals surface area contributed by atoms with Crippen molar-refractivity contribution in [2.75, 3.05) is 6.54 Å². The summed E-state index contributed by atoms with van der Waals surface area (Å²) in [5.74, 6) is -0.665. The molecule has 1 aromatic rings. The quantitative estimate of drug-likeness (QED) is 0.712. The molecule has 0 spiro atoms. The predicted octanol–water partition coefficient (Wildman–Crippen LogP) is 0.0639. The van der Waals surface area contributed by atoms with Crippen LogP contribution in [0.3, 0.4) is 0 Å². The van der Waals surface area contributed by atoms with Gasteiger partial charge in [0, 0.05) is 25.3 Å². The molecule has 0 radical (unpaired) electrons. The lowest BCUT2D eigenvalue weighted by Crippen LogP contribution is -2.51. The minimum absolute atomic E-state index is 0.0261. The second-order valence-electron chi connectivity index (χ2n) is 5.78. The predicted molar refractivity (Wildman–Crippen MR) is 79.1 cm³/mol. The zero-order valence-corrected chi connectivity index (χ0v) is 12.9. The van der Waals surface area contributed by atoms with Crippen molar-refractivity contribution >= 4 is 15.9 Å². The van der Waals surface area contributed by atoms with E-state index in [0.29, 0.717) is 0 Å². The molecule has 1 aromatic heterocycles. The molecule has 1 fully saturated rings. The van der Waals surface area contributed by atoms with Gasteiger partial charge in [-0.15, -0.1) is 0 Å². The van der Waals surface area contributed by atoms with E-state index in [9.17, 15) is 13.2 Å². The van der Waals surface area contributed by atoms with Crippen LogP contribution < -0.4 is 16.2 Å². The van der Waals surface area contributed by atoms with Gasteiger partial charge in [-0.25, -0.2) is 13.1 Å². The fraction of sp³-hybridized carbons (Fsp3) is 0.615. The van der Waals surface area contributed by atoms with E-state index in [1.165, 1.54) is 16.8 Å². The normalized spacial score (nSPS) is 18.6. The summed E-state index contributed by atoms with van der Waals surface area (Å²) >= 11 is 0. The number of nitrogens with two attached hydrogens (primary N) is 2. The van der Waals surface area contributed by atoms with E-state index >= 15 is 0 Å². The highest BCUT2D eigenvalue weighted by Crippen LogP contribution is 2.25. The Kier molecular flexibility index (Phi) is 4.40. The Morgan fingerprint density at radius 1 is 1.38 bits per heavy atom. The molecular formula is C13H22N4O3S. The third-order valence-electron chi connectivity index (χ3n) is 4.01. The molecule has 1 aliphatic carbocycles. The number of nitrogens with zero attached hydrogens (tertiary/aromatic N) is 1.